The molecule has 0 unspecified atom stereocenters. The number of carbonyl (C=O) groups excluding carboxylic acids is 1. The average molecular weight is 468 g/mol. The van der Waals surface area contributed by atoms with Crippen LogP contribution >= 0.6 is 0 Å². The number of aryl methyl sites for hydroxylation is 1. The van der Waals surface area contributed by atoms with Gasteiger partial charge in [-0.05, 0) is 30.2 Å². The lowest BCUT2D eigenvalue weighted by molar-refractivity contribution is 0.0937. The molecule has 1 aromatic carbocycles. The zero-order valence-corrected chi connectivity index (χ0v) is 19.5. The molecule has 2 aromatic heterocycles. The molecule has 34 heavy (non-hydrogen) atoms. The summed E-state index contributed by atoms with van der Waals surface area (Å²) < 4.78 is 20.1. The first-order valence-corrected chi connectivity index (χ1v) is 10.3. The first-order valence-electron chi connectivity index (χ1n) is 10.3. The molecule has 0 spiro atoms. The van der Waals surface area contributed by atoms with Crippen LogP contribution in [0.1, 0.15) is 48.4 Å². The number of aromatic nitrogens is 5. The Labute approximate surface area is 195 Å². The van der Waals surface area contributed by atoms with Gasteiger partial charge in [-0.3, -0.25) is 9.79 Å². The van der Waals surface area contributed by atoms with E-state index in [-0.39, 0.29) is 35.1 Å². The lowest BCUT2D eigenvalue weighted by Gasteiger charge is -2.11. The van der Waals surface area contributed by atoms with E-state index in [1.54, 1.807) is 20.0 Å². The number of allylic oxidation sites excluding steroid dienone is 1. The fraction of sp³-hybridized carbons (Fsp3) is 0.318. The van der Waals surface area contributed by atoms with Crippen LogP contribution in [0.3, 0.4) is 0 Å². The number of carbonyl (C=O) groups is 1. The van der Waals surface area contributed by atoms with E-state index >= 15 is 0 Å². The van der Waals surface area contributed by atoms with Gasteiger partial charge in [-0.1, -0.05) is 25.9 Å². The first-order chi connectivity index (χ1) is 16.1. The Morgan fingerprint density at radius 3 is 2.68 bits per heavy atom. The number of halogens is 1. The third-order valence-electron chi connectivity index (χ3n) is 4.65. The second-order valence-corrected chi connectivity index (χ2v) is 8.38. The van der Waals surface area contributed by atoms with Crippen molar-refractivity contribution in [1.82, 2.24) is 30.4 Å². The third kappa shape index (κ3) is 5.77. The standard InChI is InChI=1S/C22H26FN9O2/c1-12-6-15(17-27-11-28-21(31-17)29-14(8-24)10-25-5)16(23)7-13(12)9-26-19(33)18-30-20(34-32-18)22(2,3)4/h6-8,10-11H,9,24H2,1-5H3,(H,26,33)(H,27,28,29,31)/b14-8+,25-10?. The monoisotopic (exact) mass is 467 g/mol. The van der Waals surface area contributed by atoms with Gasteiger partial charge >= 0.3 is 0 Å². The van der Waals surface area contributed by atoms with Gasteiger partial charge < -0.3 is 20.9 Å². The topological polar surface area (TPSA) is 157 Å². The normalized spacial score (nSPS) is 12.2. The van der Waals surface area contributed by atoms with Crippen LogP contribution in [-0.2, 0) is 12.0 Å². The highest BCUT2D eigenvalue weighted by Gasteiger charge is 2.24. The maximum absolute atomic E-state index is 15.0. The number of benzene rings is 1. The molecule has 1 amide bonds. The van der Waals surface area contributed by atoms with Gasteiger partial charge in [-0.15, -0.1) is 0 Å². The molecule has 12 heteroatoms. The van der Waals surface area contributed by atoms with Crippen LogP contribution in [0.2, 0.25) is 0 Å². The molecular weight excluding hydrogens is 441 g/mol. The van der Waals surface area contributed by atoms with Crippen LogP contribution in [0.25, 0.3) is 11.4 Å². The summed E-state index contributed by atoms with van der Waals surface area (Å²) in [6.45, 7) is 7.56. The SMILES string of the molecule is CN=C/C(=C\N)Nc1ncnc(-c2cc(C)c(CNC(=O)c3noc(C(C)(C)C)n3)cc2F)n1. The molecule has 0 fully saturated rings. The molecule has 0 bridgehead atoms. The number of amides is 1. The highest BCUT2D eigenvalue weighted by molar-refractivity contribution is 5.90. The Balaban J connectivity index is 1.76. The van der Waals surface area contributed by atoms with Crippen molar-refractivity contribution in [3.8, 4) is 11.4 Å². The maximum atomic E-state index is 15.0. The van der Waals surface area contributed by atoms with E-state index in [1.807, 2.05) is 20.8 Å². The van der Waals surface area contributed by atoms with E-state index in [2.05, 4.69) is 40.7 Å². The predicted molar refractivity (Wildman–Crippen MR) is 124 cm³/mol. The summed E-state index contributed by atoms with van der Waals surface area (Å²) in [6, 6.07) is 2.93. The molecule has 0 aliphatic rings. The number of hydrogen-bond acceptors (Lipinski definition) is 10. The molecule has 178 valence electrons. The quantitative estimate of drug-likeness (QED) is 0.444. The molecule has 0 atom stereocenters. The van der Waals surface area contributed by atoms with Crippen molar-refractivity contribution in [2.24, 2.45) is 10.7 Å². The summed E-state index contributed by atoms with van der Waals surface area (Å²) in [6.07, 6.45) is 4.07. The van der Waals surface area contributed by atoms with Gasteiger partial charge in [0.15, 0.2) is 5.82 Å². The summed E-state index contributed by atoms with van der Waals surface area (Å²) in [5.74, 6) is -0.470. The van der Waals surface area contributed by atoms with E-state index in [0.717, 1.165) is 5.56 Å². The molecule has 0 radical (unpaired) electrons. The van der Waals surface area contributed by atoms with Crippen LogP contribution in [-0.4, -0.2) is 44.3 Å². The predicted octanol–water partition coefficient (Wildman–Crippen LogP) is 2.51. The smallest absolute Gasteiger partial charge is 0.292 e. The van der Waals surface area contributed by atoms with Gasteiger partial charge in [-0.2, -0.15) is 9.97 Å². The second kappa shape index (κ2) is 10.1. The van der Waals surface area contributed by atoms with Gasteiger partial charge in [-0.25, -0.2) is 14.4 Å². The van der Waals surface area contributed by atoms with Gasteiger partial charge in [0.1, 0.15) is 12.1 Å². The number of nitrogens with one attached hydrogen (secondary N) is 2. The van der Waals surface area contributed by atoms with E-state index in [4.69, 9.17) is 10.3 Å². The maximum Gasteiger partial charge on any atom is 0.292 e. The fourth-order valence-corrected chi connectivity index (χ4v) is 2.83. The zero-order valence-electron chi connectivity index (χ0n) is 19.5. The number of rotatable bonds is 7. The van der Waals surface area contributed by atoms with Crippen molar-refractivity contribution < 1.29 is 13.7 Å². The van der Waals surface area contributed by atoms with Crippen molar-refractivity contribution >= 4 is 18.1 Å². The van der Waals surface area contributed by atoms with Crippen LogP contribution in [0.5, 0.6) is 0 Å². The number of nitrogens with zero attached hydrogens (tertiary/aromatic N) is 6. The highest BCUT2D eigenvalue weighted by Crippen LogP contribution is 2.24. The summed E-state index contributed by atoms with van der Waals surface area (Å²) in [4.78, 5) is 32.7. The Bertz CT molecular complexity index is 1250. The van der Waals surface area contributed by atoms with Crippen LogP contribution in [0, 0.1) is 12.7 Å². The molecule has 2 heterocycles. The van der Waals surface area contributed by atoms with Crippen LogP contribution in [0.4, 0.5) is 10.3 Å². The van der Waals surface area contributed by atoms with E-state index in [0.29, 0.717) is 17.2 Å². The lowest BCUT2D eigenvalue weighted by Crippen LogP contribution is -2.25. The molecule has 0 saturated heterocycles. The largest absolute Gasteiger partial charge is 0.403 e. The molecule has 4 N–H and O–H groups in total. The summed E-state index contributed by atoms with van der Waals surface area (Å²) >= 11 is 0. The molecule has 11 nitrogen and oxygen atoms in total. The number of hydrogen-bond donors (Lipinski definition) is 3. The van der Waals surface area contributed by atoms with Crippen molar-refractivity contribution in [3.63, 3.8) is 0 Å². The molecule has 0 aliphatic carbocycles. The molecule has 3 aromatic rings. The highest BCUT2D eigenvalue weighted by atomic mass is 19.1. The number of aliphatic imine (C=N–C) groups is 1. The Hall–Kier alpha value is -4.22. The van der Waals surface area contributed by atoms with E-state index in [1.165, 1.54) is 24.8 Å². The van der Waals surface area contributed by atoms with Crippen LogP contribution in [0.15, 0.2) is 39.9 Å². The van der Waals surface area contributed by atoms with Crippen LogP contribution < -0.4 is 16.4 Å². The molecule has 3 rings (SSSR count). The fourth-order valence-electron chi connectivity index (χ4n) is 2.83. The number of anilines is 1. The average Bonchev–Trinajstić information content (AvgIpc) is 3.30. The Morgan fingerprint density at radius 1 is 1.26 bits per heavy atom. The van der Waals surface area contributed by atoms with Gasteiger partial charge in [0, 0.05) is 31.4 Å². The van der Waals surface area contributed by atoms with Gasteiger partial charge in [0.05, 0.1) is 11.3 Å². The Kier molecular flexibility index (Phi) is 7.29. The first kappa shape index (κ1) is 24.4. The minimum absolute atomic E-state index is 0.0757. The summed E-state index contributed by atoms with van der Waals surface area (Å²) in [7, 11) is 1.59. The lowest BCUT2D eigenvalue weighted by atomic mass is 9.97. The molecule has 0 saturated carbocycles. The van der Waals surface area contributed by atoms with Crippen molar-refractivity contribution in [2.75, 3.05) is 12.4 Å². The van der Waals surface area contributed by atoms with Gasteiger partial charge in [0.25, 0.3) is 11.7 Å². The Morgan fingerprint density at radius 2 is 2.03 bits per heavy atom. The van der Waals surface area contributed by atoms with Crippen molar-refractivity contribution in [3.05, 3.63) is 59.0 Å². The minimum atomic E-state index is -0.550. The third-order valence-corrected chi connectivity index (χ3v) is 4.65. The van der Waals surface area contributed by atoms with E-state index < -0.39 is 11.7 Å². The summed E-state index contributed by atoms with van der Waals surface area (Å²) in [5.41, 5.74) is 7.13. The summed E-state index contributed by atoms with van der Waals surface area (Å²) in [5, 5.41) is 9.28. The molecule has 0 aliphatic heterocycles. The minimum Gasteiger partial charge on any atom is -0.403 e. The van der Waals surface area contributed by atoms with Crippen molar-refractivity contribution in [1.29, 1.82) is 0 Å². The van der Waals surface area contributed by atoms with Gasteiger partial charge in [0.2, 0.25) is 11.8 Å². The van der Waals surface area contributed by atoms with Crippen molar-refractivity contribution in [2.45, 2.75) is 39.7 Å². The number of nitrogens with two attached hydrogens (primary N) is 1. The van der Waals surface area contributed by atoms with E-state index in [9.17, 15) is 9.18 Å². The zero-order chi connectivity index (χ0) is 24.9. The second-order valence-electron chi connectivity index (χ2n) is 8.38. The molecular formula is C22H26FN9O2.